The molecular formula is C17H19I3N4O4. The van der Waals surface area contributed by atoms with E-state index < -0.39 is 17.7 Å². The highest BCUT2D eigenvalue weighted by atomic mass is 127. The Balaban J connectivity index is 3.51. The number of carbonyl (C=O) groups is 3. The Labute approximate surface area is 204 Å². The number of nitrogens with two attached hydrogens (primary N) is 1. The summed E-state index contributed by atoms with van der Waals surface area (Å²) in [6.45, 7) is 7.95. The molecule has 0 atom stereocenters. The number of nitrogens with zero attached hydrogens (tertiary/aromatic N) is 1. The molecule has 0 aliphatic heterocycles. The quantitative estimate of drug-likeness (QED) is 0.195. The van der Waals surface area contributed by atoms with E-state index in [-0.39, 0.29) is 17.7 Å². The summed E-state index contributed by atoms with van der Waals surface area (Å²) in [6.07, 6.45) is 3.28. The van der Waals surface area contributed by atoms with Crippen LogP contribution in [0.15, 0.2) is 25.3 Å². The van der Waals surface area contributed by atoms with Gasteiger partial charge in [0.2, 0.25) is 5.91 Å². The molecule has 0 aromatic heterocycles. The standard InChI is InChI=1S/C17H19I3N4O4/c1-4-6-24(7-5-2)23-17(27)11-12(18)10(16(21)26)13(19)15(14(11)20)22-9(25)8-28-3/h4-5H,1-2,6-8H2,3H3,(H2,21,26)(H,22,25)(H,23,27). The summed E-state index contributed by atoms with van der Waals surface area (Å²) < 4.78 is 6.16. The monoisotopic (exact) mass is 724 g/mol. The van der Waals surface area contributed by atoms with E-state index in [1.807, 2.05) is 67.8 Å². The van der Waals surface area contributed by atoms with Crippen molar-refractivity contribution in [3.05, 3.63) is 47.1 Å². The fraction of sp³-hybridized carbons (Fsp3) is 0.235. The molecule has 0 radical (unpaired) electrons. The molecule has 3 amide bonds. The molecule has 0 spiro atoms. The molecule has 0 unspecified atom stereocenters. The largest absolute Gasteiger partial charge is 0.375 e. The zero-order valence-electron chi connectivity index (χ0n) is 15.0. The minimum atomic E-state index is -0.699. The van der Waals surface area contributed by atoms with Crippen LogP contribution in [0, 0.1) is 10.7 Å². The third-order valence-electron chi connectivity index (χ3n) is 3.29. The van der Waals surface area contributed by atoms with Gasteiger partial charge >= 0.3 is 0 Å². The van der Waals surface area contributed by atoms with Gasteiger partial charge in [0.05, 0.1) is 24.0 Å². The molecule has 0 saturated carbocycles. The molecule has 0 aliphatic rings. The molecule has 0 bridgehead atoms. The van der Waals surface area contributed by atoms with E-state index in [4.69, 9.17) is 10.5 Å². The SMILES string of the molecule is C=CCN(CC=C)NC(=O)c1c(I)c(NC(=O)COC)c(I)c(C(N)=O)c1I. The van der Waals surface area contributed by atoms with Crippen LogP contribution in [0.25, 0.3) is 0 Å². The number of amides is 3. The Bertz CT molecular complexity index is 804. The van der Waals surface area contributed by atoms with Gasteiger partial charge in [-0.05, 0) is 67.8 Å². The summed E-state index contributed by atoms with van der Waals surface area (Å²) in [6, 6.07) is 0. The minimum Gasteiger partial charge on any atom is -0.375 e. The number of nitrogens with one attached hydrogen (secondary N) is 2. The lowest BCUT2D eigenvalue weighted by molar-refractivity contribution is -0.119. The van der Waals surface area contributed by atoms with Crippen molar-refractivity contribution in [2.75, 3.05) is 32.1 Å². The van der Waals surface area contributed by atoms with Crippen molar-refractivity contribution in [3.63, 3.8) is 0 Å². The smallest absolute Gasteiger partial charge is 0.267 e. The molecule has 1 aromatic rings. The first-order valence-corrected chi connectivity index (χ1v) is 11.0. The highest BCUT2D eigenvalue weighted by molar-refractivity contribution is 14.1. The average Bonchev–Trinajstić information content (AvgIpc) is 2.59. The van der Waals surface area contributed by atoms with E-state index >= 15 is 0 Å². The van der Waals surface area contributed by atoms with Gasteiger partial charge in [0.1, 0.15) is 6.61 Å². The number of carbonyl (C=O) groups excluding carboxylic acids is 3. The number of anilines is 1. The zero-order chi connectivity index (χ0) is 21.4. The maximum absolute atomic E-state index is 13.0. The van der Waals surface area contributed by atoms with Crippen LogP contribution < -0.4 is 16.5 Å². The van der Waals surface area contributed by atoms with Crippen molar-refractivity contribution in [2.45, 2.75) is 0 Å². The molecular weight excluding hydrogens is 705 g/mol. The number of hydrogen-bond acceptors (Lipinski definition) is 5. The first-order chi connectivity index (χ1) is 13.2. The van der Waals surface area contributed by atoms with Gasteiger partial charge in [-0.3, -0.25) is 19.8 Å². The third kappa shape index (κ3) is 6.36. The van der Waals surface area contributed by atoms with Gasteiger partial charge in [-0.1, -0.05) is 12.2 Å². The molecule has 0 aliphatic carbocycles. The first kappa shape index (κ1) is 25.3. The van der Waals surface area contributed by atoms with Crippen LogP contribution in [-0.2, 0) is 9.53 Å². The van der Waals surface area contributed by atoms with Crippen molar-refractivity contribution in [3.8, 4) is 0 Å². The Morgan fingerprint density at radius 3 is 2.07 bits per heavy atom. The van der Waals surface area contributed by atoms with E-state index in [2.05, 4.69) is 23.9 Å². The van der Waals surface area contributed by atoms with Crippen LogP contribution in [0.1, 0.15) is 20.7 Å². The van der Waals surface area contributed by atoms with Crippen molar-refractivity contribution in [1.29, 1.82) is 0 Å². The van der Waals surface area contributed by atoms with Crippen molar-refractivity contribution < 1.29 is 19.1 Å². The van der Waals surface area contributed by atoms with Crippen LogP contribution in [0.3, 0.4) is 0 Å². The lowest BCUT2D eigenvalue weighted by atomic mass is 10.1. The average molecular weight is 724 g/mol. The van der Waals surface area contributed by atoms with Gasteiger partial charge in [-0.2, -0.15) is 0 Å². The lowest BCUT2D eigenvalue weighted by Gasteiger charge is -2.23. The molecule has 0 heterocycles. The number of hydrogen-bond donors (Lipinski definition) is 3. The number of ether oxygens (including phenoxy) is 1. The van der Waals surface area contributed by atoms with E-state index in [0.29, 0.717) is 29.5 Å². The van der Waals surface area contributed by atoms with Crippen LogP contribution >= 0.6 is 67.8 Å². The molecule has 1 aromatic carbocycles. The number of halogens is 3. The number of primary amides is 1. The Kier molecular flexibility index (Phi) is 10.9. The molecule has 152 valence electrons. The molecule has 11 heteroatoms. The molecule has 8 nitrogen and oxygen atoms in total. The van der Waals surface area contributed by atoms with Gasteiger partial charge in [0, 0.05) is 23.8 Å². The number of benzene rings is 1. The van der Waals surface area contributed by atoms with Crippen LogP contribution in [0.4, 0.5) is 5.69 Å². The highest BCUT2D eigenvalue weighted by Gasteiger charge is 2.28. The van der Waals surface area contributed by atoms with Crippen molar-refractivity contribution in [2.24, 2.45) is 5.73 Å². The third-order valence-corrected chi connectivity index (χ3v) is 6.53. The van der Waals surface area contributed by atoms with E-state index in [1.165, 1.54) is 7.11 Å². The summed E-state index contributed by atoms with van der Waals surface area (Å²) in [5, 5.41) is 4.30. The summed E-state index contributed by atoms with van der Waals surface area (Å²) >= 11 is 5.80. The highest BCUT2D eigenvalue weighted by Crippen LogP contribution is 2.35. The van der Waals surface area contributed by atoms with Gasteiger partial charge in [0.15, 0.2) is 0 Å². The summed E-state index contributed by atoms with van der Waals surface area (Å²) in [4.78, 5) is 37.0. The number of hydrazine groups is 1. The number of methoxy groups -OCH3 is 1. The van der Waals surface area contributed by atoms with Crippen LogP contribution in [-0.4, -0.2) is 49.5 Å². The van der Waals surface area contributed by atoms with E-state index in [1.54, 1.807) is 17.2 Å². The fourth-order valence-corrected chi connectivity index (χ4v) is 6.63. The summed E-state index contributed by atoms with van der Waals surface area (Å²) in [5.41, 5.74) is 9.03. The summed E-state index contributed by atoms with van der Waals surface area (Å²) in [7, 11) is 1.39. The van der Waals surface area contributed by atoms with E-state index in [0.717, 1.165) is 0 Å². The minimum absolute atomic E-state index is 0.165. The van der Waals surface area contributed by atoms with Crippen molar-refractivity contribution >= 4 is 91.2 Å². The van der Waals surface area contributed by atoms with Crippen molar-refractivity contribution in [1.82, 2.24) is 10.4 Å². The predicted octanol–water partition coefficient (Wildman–Crippen LogP) is 2.50. The normalized spacial score (nSPS) is 10.5. The second kappa shape index (κ2) is 12.0. The topological polar surface area (TPSA) is 114 Å². The Morgan fingerprint density at radius 1 is 1.07 bits per heavy atom. The van der Waals surface area contributed by atoms with Gasteiger partial charge in [0.25, 0.3) is 11.8 Å². The van der Waals surface area contributed by atoms with E-state index in [9.17, 15) is 14.4 Å². The van der Waals surface area contributed by atoms with Crippen LogP contribution in [0.5, 0.6) is 0 Å². The molecule has 1 rings (SSSR count). The molecule has 0 saturated heterocycles. The summed E-state index contributed by atoms with van der Waals surface area (Å²) in [5.74, 6) is -1.56. The second-order valence-corrected chi connectivity index (χ2v) is 8.57. The maximum Gasteiger partial charge on any atom is 0.267 e. The van der Waals surface area contributed by atoms with Gasteiger partial charge in [-0.15, -0.1) is 13.2 Å². The zero-order valence-corrected chi connectivity index (χ0v) is 21.5. The van der Waals surface area contributed by atoms with Gasteiger partial charge < -0.3 is 15.8 Å². The molecule has 4 N–H and O–H groups in total. The lowest BCUT2D eigenvalue weighted by Crippen LogP contribution is -2.43. The Morgan fingerprint density at radius 2 is 1.61 bits per heavy atom. The number of rotatable bonds is 10. The maximum atomic E-state index is 13.0. The molecule has 28 heavy (non-hydrogen) atoms. The Hall–Kier alpha value is -0.780. The second-order valence-electron chi connectivity index (χ2n) is 5.34. The van der Waals surface area contributed by atoms with Gasteiger partial charge in [-0.25, -0.2) is 5.01 Å². The predicted molar refractivity (Wildman–Crippen MR) is 133 cm³/mol. The molecule has 0 fully saturated rings. The first-order valence-electron chi connectivity index (χ1n) is 7.76. The van der Waals surface area contributed by atoms with Crippen LogP contribution in [0.2, 0.25) is 0 Å². The fourth-order valence-electron chi connectivity index (χ4n) is 2.17.